The third-order valence-corrected chi connectivity index (χ3v) is 8.26. The van der Waals surface area contributed by atoms with Crippen LogP contribution in [0.25, 0.3) is 0 Å². The Hall–Kier alpha value is -3.98. The Labute approximate surface area is 234 Å². The topological polar surface area (TPSA) is 107 Å². The number of hydrogen-bond donors (Lipinski definition) is 2. The van der Waals surface area contributed by atoms with Crippen molar-refractivity contribution in [1.82, 2.24) is 15.1 Å². The number of phenolic OH excluding ortho intramolecular Hbond substituents is 1. The number of phenols is 1. The standard InChI is InChI=1S/C30H28BrN3O5/c1-18-7-10-21(16-23(18)31)28(37)32-24(15-19-8-11-22(35)12-9-19)30(39)33-14-13-25-27(33)26(36)17-34(25)29(38)20-5-3-2-4-6-20/h2-12,16,24-25,27,35H,13-15,17H2,1H3,(H,32,37). The van der Waals surface area contributed by atoms with Crippen molar-refractivity contribution in [3.63, 3.8) is 0 Å². The second-order valence-electron chi connectivity index (χ2n) is 9.96. The van der Waals surface area contributed by atoms with Crippen LogP contribution in [0.4, 0.5) is 0 Å². The van der Waals surface area contributed by atoms with Crippen LogP contribution in [0.1, 0.15) is 38.3 Å². The fraction of sp³-hybridized carbons (Fsp3) is 0.267. The zero-order valence-electron chi connectivity index (χ0n) is 21.3. The van der Waals surface area contributed by atoms with Crippen molar-refractivity contribution in [2.24, 2.45) is 0 Å². The van der Waals surface area contributed by atoms with Crippen LogP contribution in [0.15, 0.2) is 77.3 Å². The predicted molar refractivity (Wildman–Crippen MR) is 148 cm³/mol. The molecule has 0 spiro atoms. The third-order valence-electron chi connectivity index (χ3n) is 7.40. The summed E-state index contributed by atoms with van der Waals surface area (Å²) in [6, 6.07) is 18.3. The van der Waals surface area contributed by atoms with Crippen LogP contribution in [-0.2, 0) is 16.0 Å². The van der Waals surface area contributed by atoms with E-state index in [2.05, 4.69) is 21.2 Å². The highest BCUT2D eigenvalue weighted by molar-refractivity contribution is 9.10. The highest BCUT2D eigenvalue weighted by Crippen LogP contribution is 2.32. The lowest BCUT2D eigenvalue weighted by molar-refractivity contribution is -0.138. The molecule has 3 unspecified atom stereocenters. The number of benzene rings is 3. The minimum atomic E-state index is -0.951. The first-order valence-electron chi connectivity index (χ1n) is 12.8. The summed E-state index contributed by atoms with van der Waals surface area (Å²) in [4.78, 5) is 56.5. The normalized spacial score (nSPS) is 19.1. The number of nitrogens with zero attached hydrogens (tertiary/aromatic N) is 2. The van der Waals surface area contributed by atoms with E-state index in [0.717, 1.165) is 15.6 Å². The van der Waals surface area contributed by atoms with Crippen molar-refractivity contribution in [3.8, 4) is 5.75 Å². The van der Waals surface area contributed by atoms with E-state index in [-0.39, 0.29) is 36.3 Å². The van der Waals surface area contributed by atoms with Crippen LogP contribution >= 0.6 is 15.9 Å². The maximum Gasteiger partial charge on any atom is 0.254 e. The number of hydrogen-bond acceptors (Lipinski definition) is 5. The Bertz CT molecular complexity index is 1430. The molecule has 3 atom stereocenters. The molecule has 8 nitrogen and oxygen atoms in total. The van der Waals surface area contributed by atoms with Gasteiger partial charge in [-0.1, -0.05) is 52.3 Å². The summed E-state index contributed by atoms with van der Waals surface area (Å²) < 4.78 is 0.777. The molecule has 5 rings (SSSR count). The molecule has 200 valence electrons. The van der Waals surface area contributed by atoms with Gasteiger partial charge in [-0.15, -0.1) is 0 Å². The van der Waals surface area contributed by atoms with Crippen LogP contribution in [0.3, 0.4) is 0 Å². The van der Waals surface area contributed by atoms with E-state index in [0.29, 0.717) is 24.1 Å². The minimum Gasteiger partial charge on any atom is -0.508 e. The van der Waals surface area contributed by atoms with Crippen molar-refractivity contribution < 1.29 is 24.3 Å². The number of fused-ring (bicyclic) bond motifs is 1. The Morgan fingerprint density at radius 1 is 1.00 bits per heavy atom. The monoisotopic (exact) mass is 589 g/mol. The first-order chi connectivity index (χ1) is 18.7. The Balaban J connectivity index is 1.39. The van der Waals surface area contributed by atoms with Gasteiger partial charge in [-0.2, -0.15) is 0 Å². The van der Waals surface area contributed by atoms with Gasteiger partial charge in [-0.05, 0) is 60.9 Å². The van der Waals surface area contributed by atoms with Crippen LogP contribution in [-0.4, -0.2) is 69.6 Å². The Morgan fingerprint density at radius 3 is 2.41 bits per heavy atom. The second-order valence-corrected chi connectivity index (χ2v) is 10.8. The molecular formula is C30H28BrN3O5. The van der Waals surface area contributed by atoms with Gasteiger partial charge in [0, 0.05) is 28.6 Å². The number of aryl methyl sites for hydroxylation is 1. The molecule has 9 heteroatoms. The number of rotatable bonds is 6. The second kappa shape index (κ2) is 11.0. The molecule has 2 N–H and O–H groups in total. The number of nitrogens with one attached hydrogen (secondary N) is 1. The average Bonchev–Trinajstić information content (AvgIpc) is 3.52. The fourth-order valence-corrected chi connectivity index (χ4v) is 5.71. The smallest absolute Gasteiger partial charge is 0.254 e. The largest absolute Gasteiger partial charge is 0.508 e. The summed E-state index contributed by atoms with van der Waals surface area (Å²) in [7, 11) is 0. The molecule has 3 amide bonds. The van der Waals surface area contributed by atoms with Crippen molar-refractivity contribution in [1.29, 1.82) is 0 Å². The lowest BCUT2D eigenvalue weighted by Gasteiger charge is -2.28. The summed E-state index contributed by atoms with van der Waals surface area (Å²) in [6.45, 7) is 2.16. The van der Waals surface area contributed by atoms with Gasteiger partial charge in [0.1, 0.15) is 17.8 Å². The molecule has 2 aliphatic rings. The highest BCUT2D eigenvalue weighted by Gasteiger charge is 2.52. The molecule has 3 aromatic rings. The number of Topliss-reactive ketones (excluding diaryl/α,β-unsaturated/α-hetero) is 1. The lowest BCUT2D eigenvalue weighted by atomic mass is 10.0. The van der Waals surface area contributed by atoms with E-state index >= 15 is 0 Å². The summed E-state index contributed by atoms with van der Waals surface area (Å²) >= 11 is 3.45. The Morgan fingerprint density at radius 2 is 1.72 bits per heavy atom. The number of likely N-dealkylation sites (tertiary alicyclic amines) is 2. The molecule has 0 aliphatic carbocycles. The van der Waals surface area contributed by atoms with E-state index in [1.165, 1.54) is 17.0 Å². The molecule has 2 heterocycles. The van der Waals surface area contributed by atoms with Gasteiger partial charge in [-0.25, -0.2) is 0 Å². The van der Waals surface area contributed by atoms with Crippen LogP contribution in [0.5, 0.6) is 5.75 Å². The van der Waals surface area contributed by atoms with Gasteiger partial charge < -0.3 is 20.2 Å². The summed E-state index contributed by atoms with van der Waals surface area (Å²) in [5.74, 6) is -1.12. The minimum absolute atomic E-state index is 0.0563. The first kappa shape index (κ1) is 26.6. The maximum atomic E-state index is 13.9. The number of carbonyl (C=O) groups excluding carboxylic acids is 4. The van der Waals surface area contributed by atoms with Crippen LogP contribution in [0.2, 0.25) is 0 Å². The van der Waals surface area contributed by atoms with Gasteiger partial charge in [0.2, 0.25) is 5.91 Å². The van der Waals surface area contributed by atoms with Crippen molar-refractivity contribution in [2.75, 3.05) is 13.1 Å². The van der Waals surface area contributed by atoms with Gasteiger partial charge in [0.15, 0.2) is 5.78 Å². The lowest BCUT2D eigenvalue weighted by Crippen LogP contribution is -2.53. The highest BCUT2D eigenvalue weighted by atomic mass is 79.9. The summed E-state index contributed by atoms with van der Waals surface area (Å²) in [5.41, 5.74) is 2.61. The van der Waals surface area contributed by atoms with Crippen LogP contribution in [0, 0.1) is 6.92 Å². The molecule has 0 saturated carbocycles. The number of halogens is 1. The van der Waals surface area contributed by atoms with Gasteiger partial charge >= 0.3 is 0 Å². The molecule has 0 radical (unpaired) electrons. The van der Waals surface area contributed by atoms with E-state index in [1.807, 2.05) is 19.1 Å². The molecule has 0 aromatic heterocycles. The van der Waals surface area contributed by atoms with E-state index < -0.39 is 24.0 Å². The molecule has 0 bridgehead atoms. The van der Waals surface area contributed by atoms with Crippen molar-refractivity contribution in [2.45, 2.75) is 37.9 Å². The SMILES string of the molecule is Cc1ccc(C(=O)NC(Cc2ccc(O)cc2)C(=O)N2CCC3C2C(=O)CN3C(=O)c2ccccc2)cc1Br. The number of carbonyl (C=O) groups is 4. The molecule has 2 fully saturated rings. The van der Waals surface area contributed by atoms with Crippen molar-refractivity contribution in [3.05, 3.63) is 99.5 Å². The number of ketones is 1. The van der Waals surface area contributed by atoms with Gasteiger partial charge in [0.05, 0.1) is 12.6 Å². The quantitative estimate of drug-likeness (QED) is 0.457. The predicted octanol–water partition coefficient (Wildman–Crippen LogP) is 3.50. The molecule has 2 saturated heterocycles. The van der Waals surface area contributed by atoms with Gasteiger partial charge in [0.25, 0.3) is 11.8 Å². The summed E-state index contributed by atoms with van der Waals surface area (Å²) in [5, 5.41) is 12.5. The van der Waals surface area contributed by atoms with Crippen LogP contribution < -0.4 is 5.32 Å². The number of aromatic hydroxyl groups is 1. The summed E-state index contributed by atoms with van der Waals surface area (Å²) in [6.07, 6.45) is 0.651. The maximum absolute atomic E-state index is 13.9. The Kier molecular flexibility index (Phi) is 7.52. The third kappa shape index (κ3) is 5.45. The molecule has 3 aromatic carbocycles. The van der Waals surface area contributed by atoms with E-state index in [9.17, 15) is 24.3 Å². The van der Waals surface area contributed by atoms with Crippen molar-refractivity contribution >= 4 is 39.4 Å². The zero-order chi connectivity index (χ0) is 27.7. The molecule has 2 aliphatic heterocycles. The fourth-order valence-electron chi connectivity index (χ4n) is 5.33. The zero-order valence-corrected chi connectivity index (χ0v) is 22.9. The number of amides is 3. The van der Waals surface area contributed by atoms with E-state index in [4.69, 9.17) is 0 Å². The average molecular weight is 590 g/mol. The first-order valence-corrected chi connectivity index (χ1v) is 13.6. The molecule has 39 heavy (non-hydrogen) atoms. The van der Waals surface area contributed by atoms with Gasteiger partial charge in [-0.3, -0.25) is 19.2 Å². The molecular weight excluding hydrogens is 562 g/mol. The van der Waals surface area contributed by atoms with E-state index in [1.54, 1.807) is 53.4 Å².